The quantitative estimate of drug-likeness (QED) is 0.872. The molecule has 0 aliphatic carbocycles. The highest BCUT2D eigenvalue weighted by Gasteiger charge is 2.38. The Morgan fingerprint density at radius 2 is 1.88 bits per heavy atom. The molecule has 0 spiro atoms. The summed E-state index contributed by atoms with van der Waals surface area (Å²) in [7, 11) is 3.64. The van der Waals surface area contributed by atoms with E-state index in [2.05, 4.69) is 15.3 Å². The van der Waals surface area contributed by atoms with Crippen molar-refractivity contribution in [1.82, 2.24) is 24.0 Å². The number of nitrogens with zero attached hydrogens (tertiary/aromatic N) is 5. The second-order valence-corrected chi connectivity index (χ2v) is 6.39. The van der Waals surface area contributed by atoms with Crippen molar-refractivity contribution in [2.45, 2.75) is 25.8 Å². The number of nitrogens with one attached hydrogen (secondary N) is 1. The van der Waals surface area contributed by atoms with Crippen LogP contribution in [-0.4, -0.2) is 43.0 Å². The first kappa shape index (κ1) is 17.2. The van der Waals surface area contributed by atoms with Gasteiger partial charge >= 0.3 is 0 Å². The maximum Gasteiger partial charge on any atom is 0.293 e. The summed E-state index contributed by atoms with van der Waals surface area (Å²) in [6.45, 7) is 3.18. The summed E-state index contributed by atoms with van der Waals surface area (Å²) < 4.78 is 3.45. The fourth-order valence-corrected chi connectivity index (χ4v) is 3.47. The molecule has 0 saturated carbocycles. The van der Waals surface area contributed by atoms with Crippen molar-refractivity contribution in [3.05, 3.63) is 41.0 Å². The lowest BCUT2D eigenvalue weighted by Gasteiger charge is -2.40. The van der Waals surface area contributed by atoms with E-state index in [0.29, 0.717) is 25.3 Å². The van der Waals surface area contributed by atoms with Crippen LogP contribution in [0.15, 0.2) is 29.6 Å². The van der Waals surface area contributed by atoms with Crippen LogP contribution in [-0.2, 0) is 18.9 Å². The van der Waals surface area contributed by atoms with Gasteiger partial charge < -0.3 is 19.4 Å². The average Bonchev–Trinajstić information content (AvgIpc) is 3.02. The third-order valence-electron chi connectivity index (χ3n) is 4.84. The van der Waals surface area contributed by atoms with Crippen LogP contribution in [0.2, 0.25) is 0 Å². The molecule has 25 heavy (non-hydrogen) atoms. The minimum atomic E-state index is -0.157. The normalized spacial score (nSPS) is 20.8. The van der Waals surface area contributed by atoms with Crippen LogP contribution < -0.4 is 10.9 Å². The van der Waals surface area contributed by atoms with Gasteiger partial charge in [-0.05, 0) is 13.3 Å². The van der Waals surface area contributed by atoms with Crippen molar-refractivity contribution >= 4 is 11.7 Å². The Labute approximate surface area is 146 Å². The number of hydrogen-bond donors (Lipinski definition) is 1. The second-order valence-electron chi connectivity index (χ2n) is 6.39. The largest absolute Gasteiger partial charge is 0.365 e. The summed E-state index contributed by atoms with van der Waals surface area (Å²) in [5, 5.41) is 3.17. The lowest BCUT2D eigenvalue weighted by molar-refractivity contribution is -0.138. The molecule has 1 aliphatic rings. The fourth-order valence-electron chi connectivity index (χ4n) is 3.47. The molecule has 1 fully saturated rings. The summed E-state index contributed by atoms with van der Waals surface area (Å²) in [5.74, 6) is 1.52. The average molecular weight is 344 g/mol. The molecule has 1 N–H and O–H groups in total. The lowest BCUT2D eigenvalue weighted by atomic mass is 9.87. The number of aromatic nitrogens is 4. The van der Waals surface area contributed by atoms with Gasteiger partial charge in [0.15, 0.2) is 5.82 Å². The highest BCUT2D eigenvalue weighted by molar-refractivity contribution is 5.77. The van der Waals surface area contributed by atoms with Crippen molar-refractivity contribution in [2.75, 3.05) is 18.4 Å². The highest BCUT2D eigenvalue weighted by atomic mass is 16.2. The number of aryl methyl sites for hydroxylation is 2. The van der Waals surface area contributed by atoms with Gasteiger partial charge in [-0.3, -0.25) is 9.59 Å². The molecule has 0 radical (unpaired) electrons. The van der Waals surface area contributed by atoms with Crippen LogP contribution in [0.3, 0.4) is 0 Å². The van der Waals surface area contributed by atoms with E-state index >= 15 is 0 Å². The number of amides is 1. The van der Waals surface area contributed by atoms with Crippen LogP contribution in [0.5, 0.6) is 0 Å². The minimum absolute atomic E-state index is 0.105. The number of likely N-dealkylation sites (tertiary alicyclic amines) is 1. The van der Waals surface area contributed by atoms with Crippen molar-refractivity contribution in [1.29, 1.82) is 0 Å². The zero-order valence-corrected chi connectivity index (χ0v) is 14.8. The third-order valence-corrected chi connectivity index (χ3v) is 4.84. The smallest absolute Gasteiger partial charge is 0.293 e. The van der Waals surface area contributed by atoms with Gasteiger partial charge in [0.25, 0.3) is 5.56 Å². The third kappa shape index (κ3) is 3.29. The van der Waals surface area contributed by atoms with Gasteiger partial charge in [-0.15, -0.1) is 0 Å². The molecule has 2 aromatic heterocycles. The lowest BCUT2D eigenvalue weighted by Crippen LogP contribution is -2.45. The van der Waals surface area contributed by atoms with Gasteiger partial charge in [-0.2, -0.15) is 0 Å². The molecule has 134 valence electrons. The first-order valence-corrected chi connectivity index (χ1v) is 8.55. The highest BCUT2D eigenvalue weighted by Crippen LogP contribution is 2.35. The van der Waals surface area contributed by atoms with Gasteiger partial charge in [0.05, 0.1) is 6.04 Å². The number of carbonyl (C=O) groups excluding carboxylic acids is 1. The Morgan fingerprint density at radius 1 is 1.16 bits per heavy atom. The Bertz CT molecular complexity index is 811. The summed E-state index contributed by atoms with van der Waals surface area (Å²) >= 11 is 0. The SMILES string of the molecule is CCN1C(=O)CC[C@H](CNc2nccn(C)c2=O)[C@H]1c1nccn1C. The first-order chi connectivity index (χ1) is 12.0. The number of rotatable bonds is 5. The van der Waals surface area contributed by atoms with Gasteiger partial charge in [-0.25, -0.2) is 9.97 Å². The summed E-state index contributed by atoms with van der Waals surface area (Å²) in [6.07, 6.45) is 8.14. The maximum atomic E-state index is 12.4. The number of piperidine rings is 1. The van der Waals surface area contributed by atoms with Crippen LogP contribution >= 0.6 is 0 Å². The minimum Gasteiger partial charge on any atom is -0.365 e. The van der Waals surface area contributed by atoms with E-state index in [1.807, 2.05) is 29.6 Å². The molecule has 2 aromatic rings. The van der Waals surface area contributed by atoms with E-state index in [4.69, 9.17) is 0 Å². The Balaban J connectivity index is 1.85. The van der Waals surface area contributed by atoms with Crippen molar-refractivity contribution < 1.29 is 4.79 Å². The van der Waals surface area contributed by atoms with Crippen LogP contribution in [0.1, 0.15) is 31.6 Å². The molecular weight excluding hydrogens is 320 g/mol. The number of imidazole rings is 1. The Hall–Kier alpha value is -2.64. The number of anilines is 1. The summed E-state index contributed by atoms with van der Waals surface area (Å²) in [4.78, 5) is 35.0. The molecule has 2 atom stereocenters. The predicted molar refractivity (Wildman–Crippen MR) is 94.0 cm³/mol. The van der Waals surface area contributed by atoms with Gasteiger partial charge in [0.2, 0.25) is 5.91 Å². The van der Waals surface area contributed by atoms with Crippen molar-refractivity contribution in [3.8, 4) is 0 Å². The summed E-state index contributed by atoms with van der Waals surface area (Å²) in [5.41, 5.74) is -0.157. The number of hydrogen-bond acceptors (Lipinski definition) is 5. The zero-order valence-electron chi connectivity index (χ0n) is 14.8. The molecule has 0 bridgehead atoms. The summed E-state index contributed by atoms with van der Waals surface area (Å²) in [6, 6.07) is -0.105. The predicted octanol–water partition coefficient (Wildman–Crippen LogP) is 0.925. The molecule has 8 nitrogen and oxygen atoms in total. The molecule has 3 rings (SSSR count). The monoisotopic (exact) mass is 344 g/mol. The van der Waals surface area contributed by atoms with E-state index in [1.165, 1.54) is 4.57 Å². The molecule has 1 aliphatic heterocycles. The molecule has 0 aromatic carbocycles. The standard InChI is InChI=1S/C17H24N6O2/c1-4-23-13(24)6-5-12(14(23)16-19-8-9-21(16)2)11-20-15-17(25)22(3)10-7-18-15/h7-10,12,14H,4-6,11H2,1-3H3,(H,18,20)/t12-,14+/m1/s1. The van der Waals surface area contributed by atoms with Gasteiger partial charge in [0, 0.05) is 64.3 Å². The molecule has 1 saturated heterocycles. The van der Waals surface area contributed by atoms with E-state index < -0.39 is 0 Å². The van der Waals surface area contributed by atoms with Crippen LogP contribution in [0.25, 0.3) is 0 Å². The maximum absolute atomic E-state index is 12.4. The molecule has 0 unspecified atom stereocenters. The van der Waals surface area contributed by atoms with Gasteiger partial charge in [-0.1, -0.05) is 0 Å². The topological polar surface area (TPSA) is 85.1 Å². The van der Waals surface area contributed by atoms with Gasteiger partial charge in [0.1, 0.15) is 5.82 Å². The Morgan fingerprint density at radius 3 is 2.56 bits per heavy atom. The number of carbonyl (C=O) groups is 1. The van der Waals surface area contributed by atoms with E-state index in [1.54, 1.807) is 25.6 Å². The van der Waals surface area contributed by atoms with E-state index in [9.17, 15) is 9.59 Å². The first-order valence-electron chi connectivity index (χ1n) is 8.55. The molecule has 1 amide bonds. The van der Waals surface area contributed by atoms with Crippen molar-refractivity contribution in [3.63, 3.8) is 0 Å². The molecule has 8 heteroatoms. The fraction of sp³-hybridized carbons (Fsp3) is 0.529. The zero-order chi connectivity index (χ0) is 18.0. The Kier molecular flexibility index (Phi) is 4.87. The van der Waals surface area contributed by atoms with Crippen LogP contribution in [0.4, 0.5) is 5.82 Å². The molecule has 3 heterocycles. The van der Waals surface area contributed by atoms with E-state index in [0.717, 1.165) is 12.2 Å². The van der Waals surface area contributed by atoms with E-state index in [-0.39, 0.29) is 23.4 Å². The van der Waals surface area contributed by atoms with Crippen LogP contribution in [0, 0.1) is 5.92 Å². The second kappa shape index (κ2) is 7.08. The molecular formula is C17H24N6O2. The van der Waals surface area contributed by atoms with Crippen molar-refractivity contribution in [2.24, 2.45) is 20.0 Å².